The molecule has 0 spiro atoms. The van der Waals surface area contributed by atoms with Gasteiger partial charge in [0, 0.05) is 19.6 Å². The standard InChI is InChI=1S/C20H21N3O2S/c1-13-3-5-14(6-4-13)10-21-19(24)15-11-23(12-15)20-22-17-8-7-16(25-2)9-18(17)26-20/h3-9,15H,10-12H2,1-2H3,(H,21,24). The smallest absolute Gasteiger partial charge is 0.226 e. The van der Waals surface area contributed by atoms with Crippen molar-refractivity contribution in [1.29, 1.82) is 0 Å². The summed E-state index contributed by atoms with van der Waals surface area (Å²) in [6.45, 7) is 4.08. The molecule has 4 rings (SSSR count). The number of hydrogen-bond acceptors (Lipinski definition) is 5. The second-order valence-corrected chi connectivity index (χ2v) is 7.64. The highest BCUT2D eigenvalue weighted by Crippen LogP contribution is 2.34. The Hall–Kier alpha value is -2.60. The van der Waals surface area contributed by atoms with Crippen molar-refractivity contribution in [3.63, 3.8) is 0 Å². The lowest BCUT2D eigenvalue weighted by atomic mass is 10.00. The number of nitrogens with one attached hydrogen (secondary N) is 1. The van der Waals surface area contributed by atoms with E-state index in [-0.39, 0.29) is 11.8 Å². The van der Waals surface area contributed by atoms with Gasteiger partial charge >= 0.3 is 0 Å². The third-order valence-electron chi connectivity index (χ3n) is 4.69. The van der Waals surface area contributed by atoms with Gasteiger partial charge in [-0.05, 0) is 30.7 Å². The van der Waals surface area contributed by atoms with Crippen molar-refractivity contribution in [3.8, 4) is 5.75 Å². The minimum absolute atomic E-state index is 0.0296. The molecule has 6 heteroatoms. The topological polar surface area (TPSA) is 54.5 Å². The highest BCUT2D eigenvalue weighted by Gasteiger charge is 2.34. The van der Waals surface area contributed by atoms with Crippen LogP contribution in [0.3, 0.4) is 0 Å². The molecule has 0 atom stereocenters. The second kappa shape index (κ2) is 6.96. The number of aryl methyl sites for hydroxylation is 1. The molecule has 0 aliphatic carbocycles. The van der Waals surface area contributed by atoms with Crippen molar-refractivity contribution >= 4 is 32.6 Å². The first kappa shape index (κ1) is 16.8. The van der Waals surface area contributed by atoms with Gasteiger partial charge in [-0.2, -0.15) is 0 Å². The molecule has 0 bridgehead atoms. The van der Waals surface area contributed by atoms with Crippen molar-refractivity contribution < 1.29 is 9.53 Å². The molecule has 1 aliphatic rings. The molecule has 3 aromatic rings. The molecular weight excluding hydrogens is 346 g/mol. The van der Waals surface area contributed by atoms with Gasteiger partial charge in [-0.1, -0.05) is 41.2 Å². The number of fused-ring (bicyclic) bond motifs is 1. The van der Waals surface area contributed by atoms with Crippen LogP contribution in [0.15, 0.2) is 42.5 Å². The summed E-state index contributed by atoms with van der Waals surface area (Å²) in [4.78, 5) is 19.1. The molecule has 1 amide bonds. The minimum atomic E-state index is 0.0296. The molecule has 2 aromatic carbocycles. The normalized spacial score (nSPS) is 14.3. The molecular formula is C20H21N3O2S. The minimum Gasteiger partial charge on any atom is -0.497 e. The van der Waals surface area contributed by atoms with E-state index in [2.05, 4.69) is 46.4 Å². The number of amides is 1. The Labute approximate surface area is 156 Å². The molecule has 1 fully saturated rings. The van der Waals surface area contributed by atoms with Crippen LogP contribution in [0.5, 0.6) is 5.75 Å². The lowest BCUT2D eigenvalue weighted by Gasteiger charge is -2.37. The van der Waals surface area contributed by atoms with Gasteiger partial charge in [-0.15, -0.1) is 0 Å². The number of aromatic nitrogens is 1. The number of anilines is 1. The molecule has 0 unspecified atom stereocenters. The Bertz CT molecular complexity index is 930. The van der Waals surface area contributed by atoms with Gasteiger partial charge in [0.25, 0.3) is 0 Å². The SMILES string of the molecule is COc1ccc2nc(N3CC(C(=O)NCc4ccc(C)cc4)C3)sc2c1. The van der Waals surface area contributed by atoms with Crippen molar-refractivity contribution in [2.75, 3.05) is 25.1 Å². The predicted molar refractivity (Wildman–Crippen MR) is 105 cm³/mol. The summed E-state index contributed by atoms with van der Waals surface area (Å²) in [7, 11) is 1.67. The van der Waals surface area contributed by atoms with Gasteiger partial charge in [0.1, 0.15) is 5.75 Å². The van der Waals surface area contributed by atoms with Gasteiger partial charge in [-0.3, -0.25) is 4.79 Å². The lowest BCUT2D eigenvalue weighted by Crippen LogP contribution is -2.53. The van der Waals surface area contributed by atoms with Gasteiger partial charge in [0.05, 0.1) is 23.2 Å². The lowest BCUT2D eigenvalue weighted by molar-refractivity contribution is -0.125. The Morgan fingerprint density at radius 2 is 2.04 bits per heavy atom. The summed E-state index contributed by atoms with van der Waals surface area (Å²) in [6.07, 6.45) is 0. The van der Waals surface area contributed by atoms with E-state index in [0.29, 0.717) is 6.54 Å². The molecule has 1 N–H and O–H groups in total. The fourth-order valence-corrected chi connectivity index (χ4v) is 4.01. The van der Waals surface area contributed by atoms with Crippen LogP contribution in [0.4, 0.5) is 5.13 Å². The Balaban J connectivity index is 1.33. The van der Waals surface area contributed by atoms with Crippen LogP contribution in [0, 0.1) is 12.8 Å². The van der Waals surface area contributed by atoms with Crippen molar-refractivity contribution in [2.45, 2.75) is 13.5 Å². The molecule has 5 nitrogen and oxygen atoms in total. The fourth-order valence-electron chi connectivity index (χ4n) is 3.00. The fraction of sp³-hybridized carbons (Fsp3) is 0.300. The first-order valence-electron chi connectivity index (χ1n) is 8.65. The Kier molecular flexibility index (Phi) is 4.51. The summed E-state index contributed by atoms with van der Waals surface area (Å²) >= 11 is 1.64. The first-order valence-corrected chi connectivity index (χ1v) is 9.47. The average Bonchev–Trinajstić information content (AvgIpc) is 3.02. The van der Waals surface area contributed by atoms with Crippen molar-refractivity contribution in [3.05, 3.63) is 53.6 Å². The summed E-state index contributed by atoms with van der Waals surface area (Å²) in [5.41, 5.74) is 3.32. The number of carbonyl (C=O) groups is 1. The van der Waals surface area contributed by atoms with Gasteiger partial charge in [-0.25, -0.2) is 4.98 Å². The first-order chi connectivity index (χ1) is 12.6. The highest BCUT2D eigenvalue weighted by molar-refractivity contribution is 7.22. The molecule has 1 aromatic heterocycles. The van der Waals surface area contributed by atoms with Crippen LogP contribution in [0.25, 0.3) is 10.2 Å². The summed E-state index contributed by atoms with van der Waals surface area (Å²) in [6, 6.07) is 14.1. The molecule has 26 heavy (non-hydrogen) atoms. The Morgan fingerprint density at radius 1 is 1.27 bits per heavy atom. The average molecular weight is 367 g/mol. The van der Waals surface area contributed by atoms with Crippen LogP contribution in [0.1, 0.15) is 11.1 Å². The maximum absolute atomic E-state index is 12.3. The van der Waals surface area contributed by atoms with E-state index in [1.807, 2.05) is 18.2 Å². The molecule has 0 radical (unpaired) electrons. The molecule has 1 aliphatic heterocycles. The summed E-state index contributed by atoms with van der Waals surface area (Å²) in [5, 5.41) is 4.00. The maximum Gasteiger partial charge on any atom is 0.226 e. The quantitative estimate of drug-likeness (QED) is 0.751. The van der Waals surface area contributed by atoms with E-state index < -0.39 is 0 Å². The van der Waals surface area contributed by atoms with Gasteiger partial charge in [0.2, 0.25) is 5.91 Å². The number of hydrogen-bond donors (Lipinski definition) is 1. The number of nitrogens with zero attached hydrogens (tertiary/aromatic N) is 2. The van der Waals surface area contributed by atoms with Crippen LogP contribution in [-0.4, -0.2) is 31.1 Å². The van der Waals surface area contributed by atoms with E-state index in [4.69, 9.17) is 4.74 Å². The number of rotatable bonds is 5. The zero-order valence-electron chi connectivity index (χ0n) is 14.9. The van der Waals surface area contributed by atoms with Crippen molar-refractivity contribution in [1.82, 2.24) is 10.3 Å². The zero-order valence-corrected chi connectivity index (χ0v) is 15.7. The summed E-state index contributed by atoms with van der Waals surface area (Å²) < 4.78 is 6.37. The zero-order chi connectivity index (χ0) is 18.1. The number of carbonyl (C=O) groups excluding carboxylic acids is 1. The van der Waals surface area contributed by atoms with Crippen LogP contribution in [0.2, 0.25) is 0 Å². The second-order valence-electron chi connectivity index (χ2n) is 6.64. The monoisotopic (exact) mass is 367 g/mol. The maximum atomic E-state index is 12.3. The van der Waals surface area contributed by atoms with Crippen LogP contribution < -0.4 is 15.0 Å². The van der Waals surface area contributed by atoms with E-state index in [0.717, 1.165) is 39.8 Å². The van der Waals surface area contributed by atoms with Crippen molar-refractivity contribution in [2.24, 2.45) is 5.92 Å². The number of thiazole rings is 1. The van der Waals surface area contributed by atoms with E-state index in [9.17, 15) is 4.79 Å². The number of benzene rings is 2. The third kappa shape index (κ3) is 3.37. The number of methoxy groups -OCH3 is 1. The van der Waals surface area contributed by atoms with Gasteiger partial charge in [0.15, 0.2) is 5.13 Å². The van der Waals surface area contributed by atoms with E-state index >= 15 is 0 Å². The highest BCUT2D eigenvalue weighted by atomic mass is 32.1. The molecule has 134 valence electrons. The predicted octanol–water partition coefficient (Wildman–Crippen LogP) is 3.37. The van der Waals surface area contributed by atoms with Gasteiger partial charge < -0.3 is 15.0 Å². The largest absolute Gasteiger partial charge is 0.497 e. The van der Waals surface area contributed by atoms with E-state index in [1.54, 1.807) is 18.4 Å². The van der Waals surface area contributed by atoms with Crippen LogP contribution >= 0.6 is 11.3 Å². The molecule has 1 saturated heterocycles. The third-order valence-corrected chi connectivity index (χ3v) is 5.77. The summed E-state index contributed by atoms with van der Waals surface area (Å²) in [5.74, 6) is 0.983. The molecule has 2 heterocycles. The van der Waals surface area contributed by atoms with E-state index in [1.165, 1.54) is 5.56 Å². The molecule has 0 saturated carbocycles. The van der Waals surface area contributed by atoms with Crippen LogP contribution in [-0.2, 0) is 11.3 Å². The Morgan fingerprint density at radius 3 is 2.77 bits per heavy atom. The number of ether oxygens (including phenoxy) is 1.